The minimum atomic E-state index is -1.99. The molecule has 0 aliphatic heterocycles. The van der Waals surface area contributed by atoms with Crippen LogP contribution < -0.4 is 5.32 Å². The molecule has 0 bridgehead atoms. The Morgan fingerprint density at radius 3 is 2.32 bits per heavy atom. The summed E-state index contributed by atoms with van der Waals surface area (Å²) in [6, 6.07) is 0. The molecule has 0 aliphatic carbocycles. The van der Waals surface area contributed by atoms with Crippen molar-refractivity contribution in [2.45, 2.75) is 20.3 Å². The SMILES string of the molecule is CCCOC(=O)C(=CNC)C(=O)c1c(F)c(C)c(F)c(F)c1[N+](=O)[O-]. The van der Waals surface area contributed by atoms with E-state index in [1.54, 1.807) is 6.92 Å². The highest BCUT2D eigenvalue weighted by Crippen LogP contribution is 2.32. The molecule has 136 valence electrons. The number of Topliss-reactive ketones (excluding diaryl/α,β-unsaturated/α-hetero) is 1. The lowest BCUT2D eigenvalue weighted by Crippen LogP contribution is -2.22. The monoisotopic (exact) mass is 360 g/mol. The van der Waals surface area contributed by atoms with E-state index in [1.807, 2.05) is 0 Å². The third-order valence-corrected chi connectivity index (χ3v) is 3.12. The third-order valence-electron chi connectivity index (χ3n) is 3.12. The van der Waals surface area contributed by atoms with Crippen LogP contribution in [0, 0.1) is 34.5 Å². The molecule has 0 spiro atoms. The zero-order valence-corrected chi connectivity index (χ0v) is 13.6. The lowest BCUT2D eigenvalue weighted by atomic mass is 9.98. The Bertz CT molecular complexity index is 762. The Morgan fingerprint density at radius 1 is 1.24 bits per heavy atom. The minimum Gasteiger partial charge on any atom is -0.462 e. The van der Waals surface area contributed by atoms with Crippen molar-refractivity contribution in [3.05, 3.63) is 50.5 Å². The number of carbonyl (C=O) groups excluding carboxylic acids is 2. The summed E-state index contributed by atoms with van der Waals surface area (Å²) in [4.78, 5) is 34.0. The second-order valence-electron chi connectivity index (χ2n) is 4.86. The van der Waals surface area contributed by atoms with Crippen molar-refractivity contribution in [1.29, 1.82) is 0 Å². The zero-order valence-electron chi connectivity index (χ0n) is 13.6. The van der Waals surface area contributed by atoms with Gasteiger partial charge in [0.2, 0.25) is 11.6 Å². The average Bonchev–Trinajstić information content (AvgIpc) is 2.57. The first-order valence-electron chi connectivity index (χ1n) is 7.09. The molecule has 0 aromatic heterocycles. The van der Waals surface area contributed by atoms with Crippen molar-refractivity contribution in [1.82, 2.24) is 5.32 Å². The van der Waals surface area contributed by atoms with Crippen molar-refractivity contribution in [2.24, 2.45) is 0 Å². The van der Waals surface area contributed by atoms with Gasteiger partial charge in [0.1, 0.15) is 17.0 Å². The molecule has 0 unspecified atom stereocenters. The number of benzene rings is 1. The molecule has 1 aromatic carbocycles. The molecule has 0 saturated heterocycles. The number of nitro benzene ring substituents is 1. The Kier molecular flexibility index (Phi) is 6.66. The number of halogens is 3. The fraction of sp³-hybridized carbons (Fsp3) is 0.333. The van der Waals surface area contributed by atoms with Crippen molar-refractivity contribution in [3.8, 4) is 0 Å². The van der Waals surface area contributed by atoms with Gasteiger partial charge in [0.15, 0.2) is 5.82 Å². The Hall–Kier alpha value is -2.91. The van der Waals surface area contributed by atoms with Crippen LogP contribution in [0.3, 0.4) is 0 Å². The number of nitrogens with zero attached hydrogens (tertiary/aromatic N) is 1. The van der Waals surface area contributed by atoms with Crippen LogP contribution in [0.1, 0.15) is 29.3 Å². The van der Waals surface area contributed by atoms with E-state index in [1.165, 1.54) is 7.05 Å². The number of hydrogen-bond donors (Lipinski definition) is 1. The molecule has 0 saturated carbocycles. The minimum absolute atomic E-state index is 0.0610. The Balaban J connectivity index is 3.62. The second kappa shape index (κ2) is 8.27. The summed E-state index contributed by atoms with van der Waals surface area (Å²) in [5.41, 5.74) is -4.74. The molecule has 10 heteroatoms. The molecule has 7 nitrogen and oxygen atoms in total. The fourth-order valence-electron chi connectivity index (χ4n) is 1.91. The maximum absolute atomic E-state index is 14.3. The summed E-state index contributed by atoms with van der Waals surface area (Å²) >= 11 is 0. The van der Waals surface area contributed by atoms with Crippen LogP contribution in [-0.2, 0) is 9.53 Å². The molecule has 0 aliphatic rings. The molecule has 0 fully saturated rings. The van der Waals surface area contributed by atoms with Gasteiger partial charge in [-0.1, -0.05) is 6.92 Å². The molecule has 0 radical (unpaired) electrons. The van der Waals surface area contributed by atoms with E-state index >= 15 is 0 Å². The van der Waals surface area contributed by atoms with Gasteiger partial charge in [-0.2, -0.15) is 4.39 Å². The first-order valence-corrected chi connectivity index (χ1v) is 7.09. The number of hydrogen-bond acceptors (Lipinski definition) is 6. The lowest BCUT2D eigenvalue weighted by Gasteiger charge is -2.11. The predicted octanol–water partition coefficient (Wildman–Crippen LogP) is 2.56. The van der Waals surface area contributed by atoms with Crippen LogP contribution in [0.15, 0.2) is 11.8 Å². The zero-order chi connectivity index (χ0) is 19.3. The summed E-state index contributed by atoms with van der Waals surface area (Å²) in [6.07, 6.45) is 1.26. The summed E-state index contributed by atoms with van der Waals surface area (Å²) in [5.74, 6) is -8.08. The van der Waals surface area contributed by atoms with E-state index in [0.717, 1.165) is 13.1 Å². The van der Waals surface area contributed by atoms with Gasteiger partial charge in [0, 0.05) is 18.8 Å². The van der Waals surface area contributed by atoms with Gasteiger partial charge < -0.3 is 10.1 Å². The van der Waals surface area contributed by atoms with Gasteiger partial charge in [-0.05, 0) is 13.3 Å². The van der Waals surface area contributed by atoms with E-state index in [-0.39, 0.29) is 6.61 Å². The molecule has 1 rings (SSSR count). The topological polar surface area (TPSA) is 98.5 Å². The van der Waals surface area contributed by atoms with E-state index in [0.29, 0.717) is 6.42 Å². The maximum atomic E-state index is 14.3. The van der Waals surface area contributed by atoms with E-state index in [4.69, 9.17) is 4.74 Å². The normalized spacial score (nSPS) is 11.2. The van der Waals surface area contributed by atoms with Crippen LogP contribution in [0.4, 0.5) is 18.9 Å². The summed E-state index contributed by atoms with van der Waals surface area (Å²) in [5, 5.41) is 13.4. The molecule has 25 heavy (non-hydrogen) atoms. The number of carbonyl (C=O) groups is 2. The van der Waals surface area contributed by atoms with Crippen LogP contribution >= 0.6 is 0 Å². The first kappa shape index (κ1) is 20.1. The summed E-state index contributed by atoms with van der Waals surface area (Å²) < 4.78 is 46.5. The molecule has 1 aromatic rings. The van der Waals surface area contributed by atoms with Gasteiger partial charge in [-0.25, -0.2) is 13.6 Å². The molecule has 0 amide bonds. The largest absolute Gasteiger partial charge is 0.462 e. The fourth-order valence-corrected chi connectivity index (χ4v) is 1.91. The first-order chi connectivity index (χ1) is 11.7. The Labute approximate surface area is 140 Å². The quantitative estimate of drug-likeness (QED) is 0.117. The summed E-state index contributed by atoms with van der Waals surface area (Å²) in [6.45, 7) is 2.43. The molecule has 1 N–H and O–H groups in total. The summed E-state index contributed by atoms with van der Waals surface area (Å²) in [7, 11) is 1.31. The highest BCUT2D eigenvalue weighted by atomic mass is 19.2. The van der Waals surface area contributed by atoms with Crippen molar-refractivity contribution >= 4 is 17.4 Å². The molecule has 0 atom stereocenters. The highest BCUT2D eigenvalue weighted by Gasteiger charge is 2.37. The van der Waals surface area contributed by atoms with Gasteiger partial charge in [0.25, 0.3) is 0 Å². The van der Waals surface area contributed by atoms with Crippen molar-refractivity contribution < 1.29 is 32.4 Å². The van der Waals surface area contributed by atoms with Gasteiger partial charge in [0.05, 0.1) is 11.5 Å². The number of rotatable bonds is 7. The van der Waals surface area contributed by atoms with Crippen LogP contribution in [-0.4, -0.2) is 30.3 Å². The van der Waals surface area contributed by atoms with Crippen LogP contribution in [0.5, 0.6) is 0 Å². The lowest BCUT2D eigenvalue weighted by molar-refractivity contribution is -0.388. The molecular weight excluding hydrogens is 345 g/mol. The van der Waals surface area contributed by atoms with Gasteiger partial charge >= 0.3 is 11.7 Å². The van der Waals surface area contributed by atoms with E-state index < -0.39 is 56.5 Å². The number of ether oxygens (including phenoxy) is 1. The number of esters is 1. The van der Waals surface area contributed by atoms with Gasteiger partial charge in [-0.3, -0.25) is 14.9 Å². The molecule has 0 heterocycles. The maximum Gasteiger partial charge on any atom is 0.343 e. The number of nitrogens with one attached hydrogen (secondary N) is 1. The third kappa shape index (κ3) is 3.95. The Morgan fingerprint density at radius 2 is 1.84 bits per heavy atom. The smallest absolute Gasteiger partial charge is 0.343 e. The van der Waals surface area contributed by atoms with E-state index in [9.17, 15) is 32.9 Å². The highest BCUT2D eigenvalue weighted by molar-refractivity contribution is 6.25. The van der Waals surface area contributed by atoms with E-state index in [2.05, 4.69) is 5.32 Å². The van der Waals surface area contributed by atoms with Crippen LogP contribution in [0.25, 0.3) is 0 Å². The van der Waals surface area contributed by atoms with Crippen LogP contribution in [0.2, 0.25) is 0 Å². The predicted molar refractivity (Wildman–Crippen MR) is 80.4 cm³/mol. The number of ketones is 1. The van der Waals surface area contributed by atoms with Crippen molar-refractivity contribution in [2.75, 3.05) is 13.7 Å². The average molecular weight is 360 g/mol. The van der Waals surface area contributed by atoms with Crippen molar-refractivity contribution in [3.63, 3.8) is 0 Å². The number of nitro groups is 1. The molecular formula is C15H15F3N2O5. The van der Waals surface area contributed by atoms with Gasteiger partial charge in [-0.15, -0.1) is 0 Å². The second-order valence-corrected chi connectivity index (χ2v) is 4.86. The standard InChI is InChI=1S/C15H15F3N2O5/c1-4-5-25-15(22)8(6-19-3)14(21)9-10(16)7(2)11(17)12(18)13(9)20(23)24/h6,19H,4-5H2,1-3H3.